The van der Waals surface area contributed by atoms with Crippen LogP contribution in [-0.4, -0.2) is 61.8 Å². The minimum Gasteiger partial charge on any atom is -0.352 e. The average Bonchev–Trinajstić information content (AvgIpc) is 2.69. The number of rotatable bonds is 5. The molecule has 1 aliphatic carbocycles. The summed E-state index contributed by atoms with van der Waals surface area (Å²) in [7, 11) is -3.47. The first-order valence-corrected chi connectivity index (χ1v) is 11.8. The van der Waals surface area contributed by atoms with Gasteiger partial charge >= 0.3 is 0 Å². The Morgan fingerprint density at radius 2 is 1.68 bits per heavy atom. The van der Waals surface area contributed by atoms with Crippen molar-refractivity contribution in [3.63, 3.8) is 0 Å². The zero-order valence-corrected chi connectivity index (χ0v) is 18.0. The fourth-order valence-electron chi connectivity index (χ4n) is 4.19. The van der Waals surface area contributed by atoms with Gasteiger partial charge in [0.25, 0.3) is 0 Å². The van der Waals surface area contributed by atoms with Crippen molar-refractivity contribution in [2.75, 3.05) is 26.2 Å². The fraction of sp³-hybridized carbons (Fsp3) is 0.667. The summed E-state index contributed by atoms with van der Waals surface area (Å²) in [6.07, 6.45) is 4.66. The van der Waals surface area contributed by atoms with E-state index in [0.717, 1.165) is 12.0 Å². The van der Waals surface area contributed by atoms with E-state index >= 15 is 0 Å². The lowest BCUT2D eigenvalue weighted by molar-refractivity contribution is -0.127. The number of hydrogen-bond donors (Lipinski definition) is 1. The summed E-state index contributed by atoms with van der Waals surface area (Å²) >= 11 is 0. The molecule has 1 aromatic carbocycles. The van der Waals surface area contributed by atoms with E-state index in [9.17, 15) is 13.2 Å². The van der Waals surface area contributed by atoms with Gasteiger partial charge < -0.3 is 5.32 Å². The number of amides is 1. The Kier molecular flexibility index (Phi) is 6.78. The third-order valence-electron chi connectivity index (χ3n) is 6.30. The lowest BCUT2D eigenvalue weighted by atomic mass is 9.86. The van der Waals surface area contributed by atoms with Gasteiger partial charge in [0.15, 0.2) is 0 Å². The molecule has 2 aliphatic rings. The average molecular weight is 408 g/mol. The van der Waals surface area contributed by atoms with E-state index in [1.807, 2.05) is 26.0 Å². The van der Waals surface area contributed by atoms with Gasteiger partial charge in [-0.25, -0.2) is 8.42 Å². The van der Waals surface area contributed by atoms with Gasteiger partial charge in [0.2, 0.25) is 15.9 Å². The number of carbonyl (C=O) groups is 1. The maximum Gasteiger partial charge on any atom is 0.243 e. The summed E-state index contributed by atoms with van der Waals surface area (Å²) in [6.45, 7) is 8.03. The van der Waals surface area contributed by atoms with Crippen LogP contribution in [0.1, 0.15) is 45.1 Å². The van der Waals surface area contributed by atoms with Gasteiger partial charge in [-0.15, -0.1) is 0 Å². The highest BCUT2D eigenvalue weighted by Gasteiger charge is 2.33. The van der Waals surface area contributed by atoms with Gasteiger partial charge in [-0.05, 0) is 44.7 Å². The summed E-state index contributed by atoms with van der Waals surface area (Å²) in [5.74, 6) is 0.593. The monoisotopic (exact) mass is 407 g/mol. The number of nitrogens with one attached hydrogen (secondary N) is 1. The molecule has 28 heavy (non-hydrogen) atoms. The minimum atomic E-state index is -3.47. The Morgan fingerprint density at radius 1 is 1.07 bits per heavy atom. The first-order chi connectivity index (χ1) is 13.3. The van der Waals surface area contributed by atoms with Crippen LogP contribution < -0.4 is 5.32 Å². The molecule has 156 valence electrons. The molecule has 7 heteroatoms. The second-order valence-electron chi connectivity index (χ2n) is 8.31. The maximum atomic E-state index is 12.8. The molecule has 1 saturated carbocycles. The van der Waals surface area contributed by atoms with Crippen molar-refractivity contribution in [2.24, 2.45) is 5.92 Å². The number of benzene rings is 1. The van der Waals surface area contributed by atoms with Crippen LogP contribution in [0.4, 0.5) is 0 Å². The SMILES string of the molecule is Cc1ccc(S(=O)(=O)N2CCN([C@@H](C)C(=O)N[C@@H]3CCCC[C@@H]3C)CC2)cc1. The van der Waals surface area contributed by atoms with E-state index in [4.69, 9.17) is 0 Å². The summed E-state index contributed by atoms with van der Waals surface area (Å²) in [5, 5.41) is 3.23. The molecule has 1 N–H and O–H groups in total. The molecule has 0 aromatic heterocycles. The predicted molar refractivity (Wildman–Crippen MR) is 111 cm³/mol. The molecule has 1 amide bonds. The van der Waals surface area contributed by atoms with Crippen LogP contribution in [-0.2, 0) is 14.8 Å². The van der Waals surface area contributed by atoms with E-state index in [-0.39, 0.29) is 18.0 Å². The third kappa shape index (κ3) is 4.75. The second-order valence-corrected chi connectivity index (χ2v) is 10.2. The Balaban J connectivity index is 1.55. The molecule has 1 saturated heterocycles. The smallest absolute Gasteiger partial charge is 0.243 e. The summed E-state index contributed by atoms with van der Waals surface area (Å²) in [5.41, 5.74) is 1.04. The van der Waals surface area contributed by atoms with Gasteiger partial charge in [0, 0.05) is 32.2 Å². The molecule has 0 unspecified atom stereocenters. The summed E-state index contributed by atoms with van der Waals surface area (Å²) in [6, 6.07) is 7.01. The normalized spacial score (nSPS) is 26.0. The Morgan fingerprint density at radius 3 is 2.29 bits per heavy atom. The Hall–Kier alpha value is -1.44. The van der Waals surface area contributed by atoms with E-state index in [1.165, 1.54) is 23.6 Å². The second kappa shape index (κ2) is 8.93. The highest BCUT2D eigenvalue weighted by molar-refractivity contribution is 7.89. The highest BCUT2D eigenvalue weighted by atomic mass is 32.2. The van der Waals surface area contributed by atoms with Crippen LogP contribution in [0.15, 0.2) is 29.2 Å². The van der Waals surface area contributed by atoms with Gasteiger partial charge in [-0.1, -0.05) is 37.5 Å². The molecule has 0 radical (unpaired) electrons. The van der Waals surface area contributed by atoms with Crippen LogP contribution in [0.2, 0.25) is 0 Å². The van der Waals surface area contributed by atoms with Crippen molar-refractivity contribution in [2.45, 2.75) is 63.4 Å². The number of hydrogen-bond acceptors (Lipinski definition) is 4. The summed E-state index contributed by atoms with van der Waals surface area (Å²) in [4.78, 5) is 15.1. The van der Waals surface area contributed by atoms with E-state index in [2.05, 4.69) is 17.1 Å². The van der Waals surface area contributed by atoms with Crippen molar-refractivity contribution < 1.29 is 13.2 Å². The first kappa shape index (κ1) is 21.3. The van der Waals surface area contributed by atoms with E-state index < -0.39 is 10.0 Å². The number of nitrogens with zero attached hydrogens (tertiary/aromatic N) is 2. The van der Waals surface area contributed by atoms with Crippen LogP contribution in [0.25, 0.3) is 0 Å². The molecule has 1 aromatic rings. The van der Waals surface area contributed by atoms with E-state index in [0.29, 0.717) is 37.0 Å². The first-order valence-electron chi connectivity index (χ1n) is 10.4. The molecular weight excluding hydrogens is 374 g/mol. The van der Waals surface area contributed by atoms with Crippen molar-refractivity contribution in [1.82, 2.24) is 14.5 Å². The zero-order valence-electron chi connectivity index (χ0n) is 17.2. The van der Waals surface area contributed by atoms with Crippen LogP contribution in [0.5, 0.6) is 0 Å². The molecule has 0 bridgehead atoms. The zero-order chi connectivity index (χ0) is 20.3. The highest BCUT2D eigenvalue weighted by Crippen LogP contribution is 2.24. The van der Waals surface area contributed by atoms with Gasteiger partial charge in [0.05, 0.1) is 10.9 Å². The molecule has 3 atom stereocenters. The van der Waals surface area contributed by atoms with Crippen molar-refractivity contribution in [3.05, 3.63) is 29.8 Å². The molecule has 6 nitrogen and oxygen atoms in total. The number of carbonyl (C=O) groups excluding carboxylic acids is 1. The van der Waals surface area contributed by atoms with Gasteiger partial charge in [-0.2, -0.15) is 4.31 Å². The van der Waals surface area contributed by atoms with Crippen molar-refractivity contribution in [1.29, 1.82) is 0 Å². The molecule has 3 rings (SSSR count). The predicted octanol–water partition coefficient (Wildman–Crippen LogP) is 2.38. The maximum absolute atomic E-state index is 12.8. The van der Waals surface area contributed by atoms with Gasteiger partial charge in [-0.3, -0.25) is 9.69 Å². The van der Waals surface area contributed by atoms with Crippen LogP contribution in [0, 0.1) is 12.8 Å². The number of sulfonamides is 1. The molecule has 2 fully saturated rings. The fourth-order valence-corrected chi connectivity index (χ4v) is 5.61. The van der Waals surface area contributed by atoms with Crippen LogP contribution >= 0.6 is 0 Å². The third-order valence-corrected chi connectivity index (χ3v) is 8.21. The molecule has 1 aliphatic heterocycles. The lowest BCUT2D eigenvalue weighted by Gasteiger charge is -2.38. The van der Waals surface area contributed by atoms with Crippen LogP contribution in [0.3, 0.4) is 0 Å². The molecule has 0 spiro atoms. The topological polar surface area (TPSA) is 69.7 Å². The largest absolute Gasteiger partial charge is 0.352 e. The van der Waals surface area contributed by atoms with Crippen molar-refractivity contribution >= 4 is 15.9 Å². The minimum absolute atomic E-state index is 0.0635. The number of piperazine rings is 1. The Bertz CT molecular complexity index is 771. The molecular formula is C21H33N3O3S. The summed E-state index contributed by atoms with van der Waals surface area (Å²) < 4.78 is 27.2. The standard InChI is InChI=1S/C21H33N3O3S/c1-16-8-10-19(11-9-16)28(26,27)24-14-12-23(13-15-24)18(3)21(25)22-20-7-5-4-6-17(20)2/h8-11,17-18,20H,4-7,12-15H2,1-3H3,(H,22,25)/t17-,18-,20+/m0/s1. The molecule has 1 heterocycles. The Labute approximate surface area is 169 Å². The van der Waals surface area contributed by atoms with Crippen molar-refractivity contribution in [3.8, 4) is 0 Å². The quantitative estimate of drug-likeness (QED) is 0.814. The lowest BCUT2D eigenvalue weighted by Crippen LogP contribution is -2.56. The number of aryl methyl sites for hydroxylation is 1. The van der Waals surface area contributed by atoms with Gasteiger partial charge in [0.1, 0.15) is 0 Å². The van der Waals surface area contributed by atoms with E-state index in [1.54, 1.807) is 12.1 Å².